The molecule has 1 aromatic heterocycles. The molecular formula is C14H16FN3OS2. The molecule has 0 aliphatic carbocycles. The summed E-state index contributed by atoms with van der Waals surface area (Å²) in [6.07, 6.45) is 2.30. The number of unbranched alkanes of at least 4 members (excludes halogenated alkanes) is 1. The number of carbonyl (C=O) groups is 1. The number of anilines is 1. The minimum Gasteiger partial charge on any atom is -0.353 e. The van der Waals surface area contributed by atoms with Crippen molar-refractivity contribution in [1.82, 2.24) is 10.2 Å². The van der Waals surface area contributed by atoms with Gasteiger partial charge in [0.2, 0.25) is 5.13 Å². The molecule has 0 amide bonds. The van der Waals surface area contributed by atoms with Gasteiger partial charge in [0.05, 0.1) is 6.54 Å². The molecular weight excluding hydrogens is 309 g/mol. The molecule has 0 bridgehead atoms. The second-order valence-corrected chi connectivity index (χ2v) is 6.68. The summed E-state index contributed by atoms with van der Waals surface area (Å²) >= 11 is 3.12. The third kappa shape index (κ3) is 5.09. The predicted octanol–water partition coefficient (Wildman–Crippen LogP) is 3.86. The first-order valence-electron chi connectivity index (χ1n) is 6.68. The summed E-state index contributed by atoms with van der Waals surface area (Å²) < 4.78 is 13.7. The van der Waals surface area contributed by atoms with E-state index in [1.807, 2.05) is 0 Å². The lowest BCUT2D eigenvalue weighted by Crippen LogP contribution is -2.13. The van der Waals surface area contributed by atoms with Crippen molar-refractivity contribution in [2.45, 2.75) is 24.1 Å². The standard InChI is InChI=1S/C14H16FN3OS2/c1-2-3-8-20-14-18-17-13(21-14)16-9-12(19)10-4-6-11(15)7-5-10/h4-7H,2-3,8-9H2,1H3,(H,16,17). The normalized spacial score (nSPS) is 10.6. The molecule has 0 spiro atoms. The molecule has 4 nitrogen and oxygen atoms in total. The Morgan fingerprint density at radius 3 is 2.81 bits per heavy atom. The number of rotatable bonds is 8. The largest absolute Gasteiger partial charge is 0.353 e. The maximum absolute atomic E-state index is 12.8. The summed E-state index contributed by atoms with van der Waals surface area (Å²) in [4.78, 5) is 11.9. The van der Waals surface area contributed by atoms with E-state index < -0.39 is 0 Å². The lowest BCUT2D eigenvalue weighted by Gasteiger charge is -2.01. The van der Waals surface area contributed by atoms with Crippen LogP contribution in [0.25, 0.3) is 0 Å². The van der Waals surface area contributed by atoms with Crippen molar-refractivity contribution in [3.63, 3.8) is 0 Å². The Labute approximate surface area is 131 Å². The van der Waals surface area contributed by atoms with Crippen molar-refractivity contribution in [3.05, 3.63) is 35.6 Å². The molecule has 1 aromatic carbocycles. The summed E-state index contributed by atoms with van der Waals surface area (Å²) in [7, 11) is 0. The molecule has 0 saturated carbocycles. The Kier molecular flexibility index (Phi) is 6.13. The van der Waals surface area contributed by atoms with Crippen LogP contribution in [0.5, 0.6) is 0 Å². The average Bonchev–Trinajstić information content (AvgIpc) is 2.94. The second kappa shape index (κ2) is 8.09. The van der Waals surface area contributed by atoms with Crippen molar-refractivity contribution in [2.24, 2.45) is 0 Å². The SMILES string of the molecule is CCCCSc1nnc(NCC(=O)c2ccc(F)cc2)s1. The number of hydrogen-bond donors (Lipinski definition) is 1. The fourth-order valence-corrected chi connectivity index (χ4v) is 3.44. The van der Waals surface area contributed by atoms with E-state index in [2.05, 4.69) is 22.4 Å². The Morgan fingerprint density at radius 1 is 1.33 bits per heavy atom. The van der Waals surface area contributed by atoms with Gasteiger partial charge in [-0.15, -0.1) is 10.2 Å². The Balaban J connectivity index is 1.82. The van der Waals surface area contributed by atoms with Gasteiger partial charge in [0.1, 0.15) is 5.82 Å². The maximum atomic E-state index is 12.8. The van der Waals surface area contributed by atoms with Crippen LogP contribution in [-0.4, -0.2) is 28.3 Å². The van der Waals surface area contributed by atoms with Crippen molar-refractivity contribution < 1.29 is 9.18 Å². The fraction of sp³-hybridized carbons (Fsp3) is 0.357. The van der Waals surface area contributed by atoms with Gasteiger partial charge in [-0.25, -0.2) is 4.39 Å². The Morgan fingerprint density at radius 2 is 2.10 bits per heavy atom. The highest BCUT2D eigenvalue weighted by molar-refractivity contribution is 8.01. The van der Waals surface area contributed by atoms with Crippen LogP contribution in [0.1, 0.15) is 30.1 Å². The van der Waals surface area contributed by atoms with Crippen LogP contribution in [0.2, 0.25) is 0 Å². The van der Waals surface area contributed by atoms with Crippen molar-refractivity contribution in [3.8, 4) is 0 Å². The monoisotopic (exact) mass is 325 g/mol. The van der Waals surface area contributed by atoms with Crippen molar-refractivity contribution >= 4 is 34.0 Å². The molecule has 2 aromatic rings. The van der Waals surface area contributed by atoms with Crippen LogP contribution in [0.4, 0.5) is 9.52 Å². The minimum absolute atomic E-state index is 0.106. The van der Waals surface area contributed by atoms with Crippen molar-refractivity contribution in [2.75, 3.05) is 17.6 Å². The lowest BCUT2D eigenvalue weighted by atomic mass is 10.1. The Bertz CT molecular complexity index is 586. The molecule has 112 valence electrons. The number of halogens is 1. The molecule has 1 heterocycles. The summed E-state index contributed by atoms with van der Waals surface area (Å²) in [5.74, 6) is 0.572. The summed E-state index contributed by atoms with van der Waals surface area (Å²) in [6.45, 7) is 2.27. The van der Waals surface area contributed by atoms with Gasteiger partial charge in [-0.2, -0.15) is 0 Å². The van der Waals surface area contributed by atoms with Gasteiger partial charge in [-0.05, 0) is 30.7 Å². The molecule has 1 N–H and O–H groups in total. The van der Waals surface area contributed by atoms with Crippen LogP contribution < -0.4 is 5.32 Å². The van der Waals surface area contributed by atoms with E-state index >= 15 is 0 Å². The first-order chi connectivity index (χ1) is 10.2. The number of carbonyl (C=O) groups excluding carboxylic acids is 1. The molecule has 0 atom stereocenters. The van der Waals surface area contributed by atoms with Gasteiger partial charge in [-0.3, -0.25) is 4.79 Å². The number of aromatic nitrogens is 2. The summed E-state index contributed by atoms with van der Waals surface area (Å²) in [6, 6.07) is 5.51. The number of benzene rings is 1. The number of Topliss-reactive ketones (excluding diaryl/α,β-unsaturated/α-hetero) is 1. The maximum Gasteiger partial charge on any atom is 0.206 e. The number of ketones is 1. The third-order valence-corrected chi connectivity index (χ3v) is 4.80. The van der Waals surface area contributed by atoms with E-state index in [4.69, 9.17) is 0 Å². The van der Waals surface area contributed by atoms with E-state index in [1.54, 1.807) is 11.8 Å². The van der Waals surface area contributed by atoms with E-state index in [0.29, 0.717) is 10.7 Å². The summed E-state index contributed by atoms with van der Waals surface area (Å²) in [5.41, 5.74) is 0.478. The number of nitrogens with zero attached hydrogens (tertiary/aromatic N) is 2. The molecule has 0 fully saturated rings. The number of thioether (sulfide) groups is 1. The average molecular weight is 325 g/mol. The molecule has 0 aliphatic rings. The molecule has 0 radical (unpaired) electrons. The second-order valence-electron chi connectivity index (χ2n) is 4.36. The van der Waals surface area contributed by atoms with Gasteiger partial charge in [0, 0.05) is 11.3 Å². The highest BCUT2D eigenvalue weighted by Gasteiger charge is 2.08. The van der Waals surface area contributed by atoms with Crippen LogP contribution >= 0.6 is 23.1 Å². The molecule has 0 aliphatic heterocycles. The summed E-state index contributed by atoms with van der Waals surface area (Å²) in [5, 5.41) is 11.6. The van der Waals surface area contributed by atoms with Gasteiger partial charge in [0.15, 0.2) is 10.1 Å². The lowest BCUT2D eigenvalue weighted by molar-refractivity contribution is 0.101. The molecule has 7 heteroatoms. The number of hydrogen-bond acceptors (Lipinski definition) is 6. The number of nitrogens with one attached hydrogen (secondary N) is 1. The van der Waals surface area contributed by atoms with Crippen LogP contribution in [0.15, 0.2) is 28.6 Å². The third-order valence-electron chi connectivity index (χ3n) is 2.70. The van der Waals surface area contributed by atoms with Gasteiger partial charge in [0.25, 0.3) is 0 Å². The highest BCUT2D eigenvalue weighted by Crippen LogP contribution is 2.26. The highest BCUT2D eigenvalue weighted by atomic mass is 32.2. The zero-order chi connectivity index (χ0) is 15.1. The topological polar surface area (TPSA) is 54.9 Å². The molecule has 2 rings (SSSR count). The quantitative estimate of drug-likeness (QED) is 0.454. The van der Waals surface area contributed by atoms with Crippen LogP contribution in [0.3, 0.4) is 0 Å². The predicted molar refractivity (Wildman–Crippen MR) is 84.8 cm³/mol. The van der Waals surface area contributed by atoms with Crippen LogP contribution in [-0.2, 0) is 0 Å². The Hall–Kier alpha value is -1.47. The van der Waals surface area contributed by atoms with Crippen molar-refractivity contribution in [1.29, 1.82) is 0 Å². The first kappa shape index (κ1) is 15.9. The van der Waals surface area contributed by atoms with E-state index in [0.717, 1.165) is 22.9 Å². The zero-order valence-electron chi connectivity index (χ0n) is 11.6. The molecule has 0 saturated heterocycles. The van der Waals surface area contributed by atoms with E-state index in [1.165, 1.54) is 35.6 Å². The molecule has 21 heavy (non-hydrogen) atoms. The van der Waals surface area contributed by atoms with E-state index in [-0.39, 0.29) is 18.1 Å². The first-order valence-corrected chi connectivity index (χ1v) is 8.48. The van der Waals surface area contributed by atoms with Gasteiger partial charge in [-0.1, -0.05) is 36.4 Å². The smallest absolute Gasteiger partial charge is 0.206 e. The van der Waals surface area contributed by atoms with E-state index in [9.17, 15) is 9.18 Å². The zero-order valence-corrected chi connectivity index (χ0v) is 13.3. The van der Waals surface area contributed by atoms with Crippen LogP contribution in [0, 0.1) is 5.82 Å². The van der Waals surface area contributed by atoms with Gasteiger partial charge >= 0.3 is 0 Å². The van der Waals surface area contributed by atoms with Gasteiger partial charge < -0.3 is 5.32 Å². The minimum atomic E-state index is -0.350. The fourth-order valence-electron chi connectivity index (χ4n) is 1.54. The molecule has 0 unspecified atom stereocenters.